The van der Waals surface area contributed by atoms with Gasteiger partial charge < -0.3 is 14.2 Å². The molecule has 0 heterocycles. The van der Waals surface area contributed by atoms with Gasteiger partial charge in [-0.25, -0.2) is 0 Å². The van der Waals surface area contributed by atoms with Crippen molar-refractivity contribution in [2.24, 2.45) is 0 Å². The highest BCUT2D eigenvalue weighted by Gasteiger charge is 2.19. The first-order valence-corrected chi connectivity index (χ1v) is 30.3. The molecule has 0 aliphatic rings. The van der Waals surface area contributed by atoms with Gasteiger partial charge in [0, 0.05) is 19.3 Å². The van der Waals surface area contributed by atoms with Crippen LogP contribution in [0.2, 0.25) is 0 Å². The number of hydrogen-bond acceptors (Lipinski definition) is 6. The van der Waals surface area contributed by atoms with E-state index in [1.165, 1.54) is 51.4 Å². The Bertz CT molecular complexity index is 1660. The van der Waals surface area contributed by atoms with Gasteiger partial charge in [-0.15, -0.1) is 0 Å². The molecule has 1 unspecified atom stereocenters. The third-order valence-corrected chi connectivity index (χ3v) is 12.3. The van der Waals surface area contributed by atoms with Gasteiger partial charge in [0.05, 0.1) is 0 Å². The average molecular weight is 1040 g/mol. The molecule has 0 aromatic heterocycles. The van der Waals surface area contributed by atoms with E-state index >= 15 is 0 Å². The lowest BCUT2D eigenvalue weighted by atomic mass is 10.1. The molecule has 0 spiro atoms. The average Bonchev–Trinajstić information content (AvgIpc) is 3.41. The zero-order chi connectivity index (χ0) is 54.3. The first-order valence-electron chi connectivity index (χ1n) is 30.3. The normalized spacial score (nSPS) is 13.2. The number of hydrogen-bond donors (Lipinski definition) is 0. The van der Waals surface area contributed by atoms with Crippen molar-refractivity contribution in [3.05, 3.63) is 146 Å². The molecule has 0 saturated carbocycles. The van der Waals surface area contributed by atoms with E-state index in [-0.39, 0.29) is 31.1 Å². The predicted octanol–water partition coefficient (Wildman–Crippen LogP) is 20.8. The van der Waals surface area contributed by atoms with Crippen molar-refractivity contribution in [1.29, 1.82) is 0 Å². The summed E-state index contributed by atoms with van der Waals surface area (Å²) in [5, 5.41) is 0. The highest BCUT2D eigenvalue weighted by Crippen LogP contribution is 2.13. The van der Waals surface area contributed by atoms with Crippen LogP contribution in [0.3, 0.4) is 0 Å². The van der Waals surface area contributed by atoms with Gasteiger partial charge in [-0.3, -0.25) is 14.4 Å². The number of carbonyl (C=O) groups excluding carboxylic acids is 3. The summed E-state index contributed by atoms with van der Waals surface area (Å²) < 4.78 is 16.8. The minimum atomic E-state index is -0.816. The van der Waals surface area contributed by atoms with E-state index in [4.69, 9.17) is 14.2 Å². The van der Waals surface area contributed by atoms with Crippen molar-refractivity contribution >= 4 is 17.9 Å². The van der Waals surface area contributed by atoms with Gasteiger partial charge in [-0.05, 0) is 141 Å². The molecule has 422 valence electrons. The summed E-state index contributed by atoms with van der Waals surface area (Å²) in [6.07, 6.45) is 88.4. The highest BCUT2D eigenvalue weighted by molar-refractivity contribution is 5.71. The molecule has 6 nitrogen and oxygen atoms in total. The van der Waals surface area contributed by atoms with Crippen LogP contribution in [0.25, 0.3) is 0 Å². The van der Waals surface area contributed by atoms with Crippen LogP contribution in [-0.4, -0.2) is 37.2 Å². The molecule has 0 aromatic carbocycles. The van der Waals surface area contributed by atoms with Gasteiger partial charge in [0.25, 0.3) is 0 Å². The summed E-state index contributed by atoms with van der Waals surface area (Å²) >= 11 is 0. The number of carbonyl (C=O) groups is 3. The number of allylic oxidation sites excluding steroid dienone is 24. The predicted molar refractivity (Wildman–Crippen MR) is 325 cm³/mol. The minimum Gasteiger partial charge on any atom is -0.462 e. The van der Waals surface area contributed by atoms with Crippen LogP contribution >= 0.6 is 0 Å². The lowest BCUT2D eigenvalue weighted by Crippen LogP contribution is -2.30. The quantitative estimate of drug-likeness (QED) is 0.0261. The van der Waals surface area contributed by atoms with Crippen LogP contribution < -0.4 is 0 Å². The number of unbranched alkanes of at least 4 members (excludes halogenated alkanes) is 18. The van der Waals surface area contributed by atoms with Crippen LogP contribution in [-0.2, 0) is 28.6 Å². The summed E-state index contributed by atoms with van der Waals surface area (Å²) in [4.78, 5) is 38.2. The number of esters is 3. The van der Waals surface area contributed by atoms with Crippen LogP contribution in [0.15, 0.2) is 146 Å². The molecule has 0 bridgehead atoms. The Morgan fingerprint density at radius 3 is 0.880 bits per heavy atom. The summed E-state index contributed by atoms with van der Waals surface area (Å²) in [5.41, 5.74) is 0. The lowest BCUT2D eigenvalue weighted by Gasteiger charge is -2.18. The molecular formula is C69H110O6. The fourth-order valence-corrected chi connectivity index (χ4v) is 7.74. The fourth-order valence-electron chi connectivity index (χ4n) is 7.74. The Labute approximate surface area is 461 Å². The molecule has 0 radical (unpaired) electrons. The SMILES string of the molecule is CC/C=C\C/C=C\C/C=C\C/C=C\C/C=C\C/C=C\C/C=C\C/C=C\CCCCC(=O)OCC(COC(=O)CCCCCCC/C=C\C/C=C\CCCC)OC(=O)CCCCCCC/C=C\C/C=C\CCCCCC. The number of ether oxygens (including phenoxy) is 3. The molecule has 0 amide bonds. The Balaban J connectivity index is 4.48. The molecule has 1 atom stereocenters. The molecule has 0 aliphatic carbocycles. The van der Waals surface area contributed by atoms with Crippen LogP contribution in [0.5, 0.6) is 0 Å². The first-order chi connectivity index (χ1) is 37.0. The molecule has 0 rings (SSSR count). The summed E-state index contributed by atoms with van der Waals surface area (Å²) in [7, 11) is 0. The smallest absolute Gasteiger partial charge is 0.306 e. The van der Waals surface area contributed by atoms with E-state index in [0.717, 1.165) is 154 Å². The van der Waals surface area contributed by atoms with Crippen molar-refractivity contribution in [2.45, 2.75) is 258 Å². The summed E-state index contributed by atoms with van der Waals surface area (Å²) in [6.45, 7) is 6.40. The van der Waals surface area contributed by atoms with Crippen molar-refractivity contribution in [3.63, 3.8) is 0 Å². The molecule has 6 heteroatoms. The maximum Gasteiger partial charge on any atom is 0.306 e. The second-order valence-electron chi connectivity index (χ2n) is 19.5. The van der Waals surface area contributed by atoms with Crippen LogP contribution in [0.4, 0.5) is 0 Å². The molecule has 0 aromatic rings. The standard InChI is InChI=1S/C69H110O6/c1-4-7-10-13-16-19-22-25-28-30-31-32-33-34-35-36-37-38-39-40-42-44-47-50-53-56-59-62-68(71)74-65-66(64-73-67(70)61-58-55-52-49-46-43-27-24-21-18-15-12-9-6-3)75-69(72)63-60-57-54-51-48-45-41-29-26-23-20-17-14-11-8-5-2/h7,10,15-16,18-20,23-25,27-29,31-32,34-35,37-38,40-42,47,50,66H,4-6,8-9,11-14,17,21-22,26,30,33,36,39,43-46,48-49,51-65H2,1-3H3/b10-7-,18-15-,19-16-,23-20-,27-24-,28-25-,32-31-,35-34-,38-37-,41-29-,42-40-,50-47-. The van der Waals surface area contributed by atoms with E-state index < -0.39 is 6.10 Å². The third-order valence-electron chi connectivity index (χ3n) is 12.3. The van der Waals surface area contributed by atoms with Crippen molar-refractivity contribution < 1.29 is 28.6 Å². The van der Waals surface area contributed by atoms with Crippen LogP contribution in [0, 0.1) is 0 Å². The van der Waals surface area contributed by atoms with Gasteiger partial charge in [-0.2, -0.15) is 0 Å². The second-order valence-corrected chi connectivity index (χ2v) is 19.5. The van der Waals surface area contributed by atoms with Gasteiger partial charge in [0.1, 0.15) is 13.2 Å². The summed E-state index contributed by atoms with van der Waals surface area (Å²) in [5.74, 6) is -0.987. The van der Waals surface area contributed by atoms with Crippen molar-refractivity contribution in [1.82, 2.24) is 0 Å². The zero-order valence-corrected chi connectivity index (χ0v) is 48.3. The van der Waals surface area contributed by atoms with E-state index in [1.807, 2.05) is 0 Å². The third kappa shape index (κ3) is 60.0. The van der Waals surface area contributed by atoms with Gasteiger partial charge in [0.2, 0.25) is 0 Å². The molecular weight excluding hydrogens is 925 g/mol. The topological polar surface area (TPSA) is 78.9 Å². The van der Waals surface area contributed by atoms with Crippen LogP contribution in [0.1, 0.15) is 252 Å². The maximum atomic E-state index is 12.9. The molecule has 0 aliphatic heterocycles. The fraction of sp³-hybridized carbons (Fsp3) is 0.609. The van der Waals surface area contributed by atoms with E-state index in [0.29, 0.717) is 25.7 Å². The zero-order valence-electron chi connectivity index (χ0n) is 48.3. The molecule has 0 fully saturated rings. The molecule has 75 heavy (non-hydrogen) atoms. The molecule has 0 N–H and O–H groups in total. The maximum absolute atomic E-state index is 12.9. The van der Waals surface area contributed by atoms with Gasteiger partial charge in [-0.1, -0.05) is 237 Å². The minimum absolute atomic E-state index is 0.110. The monoisotopic (exact) mass is 1030 g/mol. The van der Waals surface area contributed by atoms with Gasteiger partial charge >= 0.3 is 17.9 Å². The molecule has 0 saturated heterocycles. The van der Waals surface area contributed by atoms with E-state index in [2.05, 4.69) is 167 Å². The van der Waals surface area contributed by atoms with Crippen molar-refractivity contribution in [3.8, 4) is 0 Å². The Morgan fingerprint density at radius 1 is 0.280 bits per heavy atom. The largest absolute Gasteiger partial charge is 0.462 e. The highest BCUT2D eigenvalue weighted by atomic mass is 16.6. The van der Waals surface area contributed by atoms with Crippen molar-refractivity contribution in [2.75, 3.05) is 13.2 Å². The van der Waals surface area contributed by atoms with Gasteiger partial charge in [0.15, 0.2) is 6.10 Å². The lowest BCUT2D eigenvalue weighted by molar-refractivity contribution is -0.167. The second kappa shape index (κ2) is 61.8. The summed E-state index contributed by atoms with van der Waals surface area (Å²) in [6, 6.07) is 0. The first kappa shape index (κ1) is 70.3. The van der Waals surface area contributed by atoms with E-state index in [9.17, 15) is 14.4 Å². The Hall–Kier alpha value is -4.71. The number of rotatable bonds is 53. The Morgan fingerprint density at radius 2 is 0.533 bits per heavy atom. The van der Waals surface area contributed by atoms with E-state index in [1.54, 1.807) is 0 Å². The Kier molecular flexibility index (Phi) is 58.0.